The molecule has 0 aromatic heterocycles. The summed E-state index contributed by atoms with van der Waals surface area (Å²) < 4.78 is 0. The van der Waals surface area contributed by atoms with Gasteiger partial charge in [-0.15, -0.1) is 0 Å². The summed E-state index contributed by atoms with van der Waals surface area (Å²) in [7, 11) is 1.66. The number of carbonyl (C=O) groups is 2. The topological polar surface area (TPSA) is 72.2 Å². The number of carbonyl (C=O) groups excluding carboxylic acids is 2. The van der Waals surface area contributed by atoms with Crippen LogP contribution >= 0.6 is 0 Å². The minimum atomic E-state index is -0.333. The molecule has 3 N–H and O–H groups in total. The van der Waals surface area contributed by atoms with Crippen LogP contribution < -0.4 is 11.1 Å². The lowest BCUT2D eigenvalue weighted by Gasteiger charge is -1.94. The minimum absolute atomic E-state index is 0.145. The highest BCUT2D eigenvalue weighted by atomic mass is 16.1. The molecule has 0 rings (SSSR count). The Balaban J connectivity index is 0. The van der Waals surface area contributed by atoms with Crippen molar-refractivity contribution in [1.82, 2.24) is 5.32 Å². The lowest BCUT2D eigenvalue weighted by Crippen LogP contribution is -2.16. The van der Waals surface area contributed by atoms with Gasteiger partial charge in [0.1, 0.15) is 0 Å². The Morgan fingerprint density at radius 2 is 1.83 bits per heavy atom. The van der Waals surface area contributed by atoms with Crippen molar-refractivity contribution in [1.29, 1.82) is 0 Å². The minimum Gasteiger partial charge on any atom is -0.370 e. The number of nitrogens with two attached hydrogens (primary N) is 1. The van der Waals surface area contributed by atoms with Gasteiger partial charge in [-0.1, -0.05) is 13.3 Å². The van der Waals surface area contributed by atoms with E-state index in [0.717, 1.165) is 12.8 Å². The van der Waals surface area contributed by atoms with Crippen LogP contribution in [0.15, 0.2) is 0 Å². The van der Waals surface area contributed by atoms with Crippen LogP contribution in [-0.2, 0) is 9.59 Å². The van der Waals surface area contributed by atoms with E-state index >= 15 is 0 Å². The van der Waals surface area contributed by atoms with Crippen LogP contribution in [-0.4, -0.2) is 18.9 Å². The average molecular weight is 174 g/mol. The fourth-order valence-electron chi connectivity index (χ4n) is 0.462. The highest BCUT2D eigenvalue weighted by Gasteiger charge is 1.92. The van der Waals surface area contributed by atoms with Crippen LogP contribution in [0.2, 0.25) is 0 Å². The summed E-state index contributed by atoms with van der Waals surface area (Å²) >= 11 is 0. The van der Waals surface area contributed by atoms with Gasteiger partial charge in [0, 0.05) is 20.4 Å². The van der Waals surface area contributed by atoms with E-state index in [4.69, 9.17) is 0 Å². The fourth-order valence-corrected chi connectivity index (χ4v) is 0.462. The van der Waals surface area contributed by atoms with Crippen molar-refractivity contribution in [3.63, 3.8) is 0 Å². The van der Waals surface area contributed by atoms with Gasteiger partial charge in [0.25, 0.3) is 0 Å². The van der Waals surface area contributed by atoms with E-state index in [-0.39, 0.29) is 11.8 Å². The zero-order chi connectivity index (χ0) is 9.98. The second kappa shape index (κ2) is 9.94. The molecule has 0 aliphatic carbocycles. The van der Waals surface area contributed by atoms with Gasteiger partial charge in [0.05, 0.1) is 0 Å². The molecule has 0 aliphatic rings. The molecule has 0 atom stereocenters. The first kappa shape index (κ1) is 13.5. The number of hydrogen-bond donors (Lipinski definition) is 2. The first-order valence-corrected chi connectivity index (χ1v) is 4.01. The third-order valence-corrected chi connectivity index (χ3v) is 1.04. The number of rotatable bonds is 3. The zero-order valence-electron chi connectivity index (χ0n) is 8.02. The summed E-state index contributed by atoms with van der Waals surface area (Å²) in [5.41, 5.74) is 4.47. The molecule has 0 unspecified atom stereocenters. The Morgan fingerprint density at radius 3 is 2.08 bits per heavy atom. The van der Waals surface area contributed by atoms with Crippen LogP contribution in [0.25, 0.3) is 0 Å². The second-order valence-electron chi connectivity index (χ2n) is 2.39. The molecule has 12 heavy (non-hydrogen) atoms. The van der Waals surface area contributed by atoms with Crippen LogP contribution in [0, 0.1) is 0 Å². The standard InChI is InChI=1S/C6H13NO.C2H5NO/c1-3-4-5-6(8)7-2;1-2(3)4/h3-5H2,1-2H3,(H,7,8);1H3,(H2,3,4). The lowest BCUT2D eigenvalue weighted by atomic mass is 10.2. The fraction of sp³-hybridized carbons (Fsp3) is 0.750. The average Bonchev–Trinajstić information content (AvgIpc) is 1.99. The normalized spacial score (nSPS) is 7.92. The van der Waals surface area contributed by atoms with Crippen LogP contribution in [0.5, 0.6) is 0 Å². The summed E-state index contributed by atoms with van der Waals surface area (Å²) in [6.45, 7) is 3.38. The Labute approximate surface area is 73.5 Å². The second-order valence-corrected chi connectivity index (χ2v) is 2.39. The summed E-state index contributed by atoms with van der Waals surface area (Å²) in [6.07, 6.45) is 2.76. The number of hydrogen-bond acceptors (Lipinski definition) is 2. The first-order chi connectivity index (χ1) is 5.54. The number of unbranched alkanes of at least 4 members (excludes halogenated alkanes) is 1. The smallest absolute Gasteiger partial charge is 0.219 e. The lowest BCUT2D eigenvalue weighted by molar-refractivity contribution is -0.120. The SMILES string of the molecule is CC(N)=O.CCCCC(=O)NC. The molecule has 0 bridgehead atoms. The molecule has 0 aromatic carbocycles. The Hall–Kier alpha value is -1.06. The van der Waals surface area contributed by atoms with Crippen LogP contribution in [0.1, 0.15) is 33.1 Å². The molecular weight excluding hydrogens is 156 g/mol. The predicted octanol–water partition coefficient (Wildman–Crippen LogP) is 0.414. The first-order valence-electron chi connectivity index (χ1n) is 4.01. The van der Waals surface area contributed by atoms with Gasteiger partial charge in [0.15, 0.2) is 0 Å². The van der Waals surface area contributed by atoms with E-state index < -0.39 is 0 Å². The summed E-state index contributed by atoms with van der Waals surface area (Å²) in [5, 5.41) is 2.56. The molecule has 0 aromatic rings. The number of nitrogens with one attached hydrogen (secondary N) is 1. The van der Waals surface area contributed by atoms with E-state index in [2.05, 4.69) is 18.0 Å². The molecule has 0 radical (unpaired) electrons. The maximum Gasteiger partial charge on any atom is 0.219 e. The Bertz CT molecular complexity index is 131. The van der Waals surface area contributed by atoms with E-state index in [9.17, 15) is 9.59 Å². The van der Waals surface area contributed by atoms with E-state index in [1.165, 1.54) is 6.92 Å². The third kappa shape index (κ3) is 23.1. The van der Waals surface area contributed by atoms with Crippen molar-refractivity contribution in [2.45, 2.75) is 33.1 Å². The molecular formula is C8H18N2O2. The molecule has 0 fully saturated rings. The number of amides is 2. The van der Waals surface area contributed by atoms with Crippen molar-refractivity contribution in [2.24, 2.45) is 5.73 Å². The Kier molecular flexibility index (Phi) is 11.2. The van der Waals surface area contributed by atoms with Gasteiger partial charge in [-0.25, -0.2) is 0 Å². The van der Waals surface area contributed by atoms with Crippen molar-refractivity contribution < 1.29 is 9.59 Å². The third-order valence-electron chi connectivity index (χ3n) is 1.04. The van der Waals surface area contributed by atoms with Gasteiger partial charge in [-0.05, 0) is 6.42 Å². The van der Waals surface area contributed by atoms with Crippen LogP contribution in [0.3, 0.4) is 0 Å². The highest BCUT2D eigenvalue weighted by molar-refractivity contribution is 5.75. The highest BCUT2D eigenvalue weighted by Crippen LogP contribution is 1.91. The maximum absolute atomic E-state index is 10.5. The Morgan fingerprint density at radius 1 is 1.42 bits per heavy atom. The molecule has 72 valence electrons. The van der Waals surface area contributed by atoms with E-state index in [0.29, 0.717) is 6.42 Å². The predicted molar refractivity (Wildman–Crippen MR) is 48.5 cm³/mol. The quantitative estimate of drug-likeness (QED) is 0.650. The van der Waals surface area contributed by atoms with E-state index in [1.807, 2.05) is 0 Å². The van der Waals surface area contributed by atoms with Gasteiger partial charge < -0.3 is 11.1 Å². The van der Waals surface area contributed by atoms with Crippen molar-refractivity contribution in [3.05, 3.63) is 0 Å². The van der Waals surface area contributed by atoms with Gasteiger partial charge in [-0.2, -0.15) is 0 Å². The van der Waals surface area contributed by atoms with E-state index in [1.54, 1.807) is 7.05 Å². The molecule has 4 nitrogen and oxygen atoms in total. The van der Waals surface area contributed by atoms with Crippen molar-refractivity contribution in [3.8, 4) is 0 Å². The van der Waals surface area contributed by atoms with Crippen LogP contribution in [0.4, 0.5) is 0 Å². The zero-order valence-corrected chi connectivity index (χ0v) is 8.02. The summed E-state index contributed by atoms with van der Waals surface area (Å²) in [6, 6.07) is 0. The molecule has 0 aliphatic heterocycles. The summed E-state index contributed by atoms with van der Waals surface area (Å²) in [4.78, 5) is 19.7. The van der Waals surface area contributed by atoms with Crippen molar-refractivity contribution in [2.75, 3.05) is 7.05 Å². The molecule has 2 amide bonds. The molecule has 0 saturated carbocycles. The monoisotopic (exact) mass is 174 g/mol. The molecule has 0 heterocycles. The van der Waals surface area contributed by atoms with Gasteiger partial charge in [0.2, 0.25) is 11.8 Å². The largest absolute Gasteiger partial charge is 0.370 e. The van der Waals surface area contributed by atoms with Gasteiger partial charge in [-0.3, -0.25) is 9.59 Å². The van der Waals surface area contributed by atoms with Gasteiger partial charge >= 0.3 is 0 Å². The maximum atomic E-state index is 10.5. The summed E-state index contributed by atoms with van der Waals surface area (Å²) in [5.74, 6) is -0.188. The van der Waals surface area contributed by atoms with Crippen molar-refractivity contribution >= 4 is 11.8 Å². The molecule has 0 spiro atoms. The molecule has 0 saturated heterocycles. The molecule has 4 heteroatoms. The number of primary amides is 1.